The van der Waals surface area contributed by atoms with Gasteiger partial charge in [0.15, 0.2) is 0 Å². The molecule has 1 aromatic carbocycles. The Morgan fingerprint density at radius 2 is 2.04 bits per heavy atom. The number of carbonyl (C=O) groups is 2. The number of rotatable bonds is 6. The average Bonchev–Trinajstić information content (AvgIpc) is 3.01. The highest BCUT2D eigenvalue weighted by Crippen LogP contribution is 2.21. The number of nitrogens with zero attached hydrogens (tertiary/aromatic N) is 3. The van der Waals surface area contributed by atoms with Crippen LogP contribution in [0.2, 0.25) is 0 Å². The standard InChI is InChI=1S/C20H27N5O3/c1-3-25-17(22-23-20(25)28)12-15-7-9-24(10-8-15)19(27)13-18(26)21-16-6-4-5-14(2)11-16/h4-6,11,15H,3,7-10,12-13H2,1-2H3,(H,21,26)(H,23,28). The molecule has 0 bridgehead atoms. The lowest BCUT2D eigenvalue weighted by molar-refractivity contribution is -0.135. The van der Waals surface area contributed by atoms with Gasteiger partial charge in [-0.1, -0.05) is 12.1 Å². The van der Waals surface area contributed by atoms with Crippen LogP contribution in [-0.4, -0.2) is 44.6 Å². The SMILES string of the molecule is CCn1c(CC2CCN(C(=O)CC(=O)Nc3cccc(C)c3)CC2)n[nH]c1=O. The summed E-state index contributed by atoms with van der Waals surface area (Å²) in [5.74, 6) is 0.718. The third-order valence-corrected chi connectivity index (χ3v) is 5.21. The minimum atomic E-state index is -0.291. The van der Waals surface area contributed by atoms with Crippen molar-refractivity contribution >= 4 is 17.5 Å². The Kier molecular flexibility index (Phi) is 6.28. The molecule has 2 heterocycles. The van der Waals surface area contributed by atoms with E-state index in [4.69, 9.17) is 0 Å². The zero-order chi connectivity index (χ0) is 20.1. The average molecular weight is 385 g/mol. The van der Waals surface area contributed by atoms with Gasteiger partial charge in [-0.05, 0) is 50.3 Å². The van der Waals surface area contributed by atoms with Crippen molar-refractivity contribution in [1.82, 2.24) is 19.7 Å². The molecule has 0 atom stereocenters. The Hall–Kier alpha value is -2.90. The summed E-state index contributed by atoms with van der Waals surface area (Å²) in [5.41, 5.74) is 1.58. The molecule has 2 amide bonds. The molecule has 0 spiro atoms. The van der Waals surface area contributed by atoms with Crippen molar-refractivity contribution in [3.8, 4) is 0 Å². The molecule has 8 nitrogen and oxygen atoms in total. The predicted octanol–water partition coefficient (Wildman–Crippen LogP) is 1.71. The summed E-state index contributed by atoms with van der Waals surface area (Å²) in [7, 11) is 0. The molecule has 2 N–H and O–H groups in total. The van der Waals surface area contributed by atoms with Gasteiger partial charge in [0.1, 0.15) is 12.2 Å². The Labute approximate surface area is 163 Å². The number of piperidine rings is 1. The maximum atomic E-state index is 12.4. The van der Waals surface area contributed by atoms with E-state index in [-0.39, 0.29) is 23.9 Å². The second-order valence-corrected chi connectivity index (χ2v) is 7.31. The molecule has 0 aliphatic carbocycles. The number of aromatic nitrogens is 3. The molecular weight excluding hydrogens is 358 g/mol. The van der Waals surface area contributed by atoms with Gasteiger partial charge >= 0.3 is 5.69 Å². The van der Waals surface area contributed by atoms with Gasteiger partial charge in [-0.15, -0.1) is 0 Å². The van der Waals surface area contributed by atoms with E-state index in [0.717, 1.165) is 30.7 Å². The second-order valence-electron chi connectivity index (χ2n) is 7.31. The maximum Gasteiger partial charge on any atom is 0.343 e. The summed E-state index contributed by atoms with van der Waals surface area (Å²) >= 11 is 0. The van der Waals surface area contributed by atoms with Gasteiger partial charge < -0.3 is 10.2 Å². The summed E-state index contributed by atoms with van der Waals surface area (Å²) in [6.45, 7) is 5.72. The molecule has 28 heavy (non-hydrogen) atoms. The topological polar surface area (TPSA) is 100 Å². The zero-order valence-electron chi connectivity index (χ0n) is 16.4. The molecule has 0 radical (unpaired) electrons. The van der Waals surface area contributed by atoms with E-state index in [1.54, 1.807) is 9.47 Å². The van der Waals surface area contributed by atoms with Crippen LogP contribution in [0.25, 0.3) is 0 Å². The molecule has 3 rings (SSSR count). The van der Waals surface area contributed by atoms with E-state index in [0.29, 0.717) is 31.2 Å². The molecule has 0 unspecified atom stereocenters. The highest BCUT2D eigenvalue weighted by molar-refractivity contribution is 6.03. The van der Waals surface area contributed by atoms with Crippen LogP contribution in [0, 0.1) is 12.8 Å². The Morgan fingerprint density at radius 1 is 1.29 bits per heavy atom. The molecule has 1 fully saturated rings. The van der Waals surface area contributed by atoms with E-state index >= 15 is 0 Å². The minimum Gasteiger partial charge on any atom is -0.342 e. The van der Waals surface area contributed by atoms with E-state index in [1.165, 1.54) is 0 Å². The third-order valence-electron chi connectivity index (χ3n) is 5.21. The van der Waals surface area contributed by atoms with Gasteiger partial charge in [0.25, 0.3) is 0 Å². The number of H-pyrrole nitrogens is 1. The highest BCUT2D eigenvalue weighted by atomic mass is 16.2. The Balaban J connectivity index is 1.47. The van der Waals surface area contributed by atoms with Gasteiger partial charge in [0.2, 0.25) is 11.8 Å². The van der Waals surface area contributed by atoms with Gasteiger partial charge in [0, 0.05) is 31.7 Å². The van der Waals surface area contributed by atoms with Crippen molar-refractivity contribution < 1.29 is 9.59 Å². The second kappa shape index (κ2) is 8.86. The van der Waals surface area contributed by atoms with Crippen LogP contribution in [0.4, 0.5) is 5.69 Å². The predicted molar refractivity (Wildman–Crippen MR) is 106 cm³/mol. The number of hydrogen-bond donors (Lipinski definition) is 2. The lowest BCUT2D eigenvalue weighted by Crippen LogP contribution is -2.40. The molecule has 1 aliphatic rings. The van der Waals surface area contributed by atoms with Gasteiger partial charge in [-0.2, -0.15) is 5.10 Å². The molecule has 0 saturated carbocycles. The molecule has 1 aromatic heterocycles. The molecule has 1 saturated heterocycles. The van der Waals surface area contributed by atoms with Gasteiger partial charge in [-0.25, -0.2) is 9.89 Å². The molecule has 1 aliphatic heterocycles. The van der Waals surface area contributed by atoms with E-state index in [1.807, 2.05) is 38.1 Å². The normalized spacial score (nSPS) is 14.9. The van der Waals surface area contributed by atoms with Crippen molar-refractivity contribution in [2.24, 2.45) is 5.92 Å². The fourth-order valence-electron chi connectivity index (χ4n) is 3.65. The third kappa shape index (κ3) is 4.88. The number of anilines is 1. The summed E-state index contributed by atoms with van der Waals surface area (Å²) in [4.78, 5) is 38.0. The first kappa shape index (κ1) is 19.9. The number of aromatic amines is 1. The minimum absolute atomic E-state index is 0.145. The molecular formula is C20H27N5O3. The monoisotopic (exact) mass is 385 g/mol. The van der Waals surface area contributed by atoms with Crippen LogP contribution in [0.1, 0.15) is 37.6 Å². The number of benzene rings is 1. The van der Waals surface area contributed by atoms with Crippen LogP contribution in [0.3, 0.4) is 0 Å². The summed E-state index contributed by atoms with van der Waals surface area (Å²) in [6, 6.07) is 7.51. The van der Waals surface area contributed by atoms with Crippen molar-refractivity contribution in [3.05, 3.63) is 46.1 Å². The van der Waals surface area contributed by atoms with E-state index < -0.39 is 0 Å². The summed E-state index contributed by atoms with van der Waals surface area (Å²) in [6.07, 6.45) is 2.27. The van der Waals surface area contributed by atoms with Crippen molar-refractivity contribution in [3.63, 3.8) is 0 Å². The van der Waals surface area contributed by atoms with Gasteiger partial charge in [-0.3, -0.25) is 14.2 Å². The fraction of sp³-hybridized carbons (Fsp3) is 0.500. The van der Waals surface area contributed by atoms with Crippen molar-refractivity contribution in [2.45, 2.75) is 46.1 Å². The Bertz CT molecular complexity index is 893. The first-order valence-corrected chi connectivity index (χ1v) is 9.74. The number of carbonyl (C=O) groups excluding carboxylic acids is 2. The van der Waals surface area contributed by atoms with Crippen LogP contribution >= 0.6 is 0 Å². The summed E-state index contributed by atoms with van der Waals surface area (Å²) in [5, 5.41) is 9.39. The Morgan fingerprint density at radius 3 is 2.71 bits per heavy atom. The number of likely N-dealkylation sites (tertiary alicyclic amines) is 1. The lowest BCUT2D eigenvalue weighted by Gasteiger charge is -2.31. The van der Waals surface area contributed by atoms with Crippen LogP contribution in [0.5, 0.6) is 0 Å². The first-order chi connectivity index (χ1) is 13.5. The quantitative estimate of drug-likeness (QED) is 0.739. The number of hydrogen-bond acceptors (Lipinski definition) is 4. The fourth-order valence-corrected chi connectivity index (χ4v) is 3.65. The van der Waals surface area contributed by atoms with Crippen molar-refractivity contribution in [2.75, 3.05) is 18.4 Å². The van der Waals surface area contributed by atoms with Crippen LogP contribution < -0.4 is 11.0 Å². The number of aryl methyl sites for hydroxylation is 1. The van der Waals surface area contributed by atoms with E-state index in [2.05, 4.69) is 15.5 Å². The van der Waals surface area contributed by atoms with Crippen molar-refractivity contribution in [1.29, 1.82) is 0 Å². The number of nitrogens with one attached hydrogen (secondary N) is 2. The van der Waals surface area contributed by atoms with Gasteiger partial charge in [0.05, 0.1) is 0 Å². The summed E-state index contributed by atoms with van der Waals surface area (Å²) < 4.78 is 1.65. The number of amides is 2. The lowest BCUT2D eigenvalue weighted by atomic mass is 9.93. The maximum absolute atomic E-state index is 12.4. The smallest absolute Gasteiger partial charge is 0.342 e. The van der Waals surface area contributed by atoms with Crippen LogP contribution in [0.15, 0.2) is 29.1 Å². The molecule has 2 aromatic rings. The molecule has 150 valence electrons. The largest absolute Gasteiger partial charge is 0.343 e. The highest BCUT2D eigenvalue weighted by Gasteiger charge is 2.25. The van der Waals surface area contributed by atoms with Crippen LogP contribution in [-0.2, 0) is 22.6 Å². The zero-order valence-corrected chi connectivity index (χ0v) is 16.4. The molecule has 8 heteroatoms. The van der Waals surface area contributed by atoms with E-state index in [9.17, 15) is 14.4 Å². The first-order valence-electron chi connectivity index (χ1n) is 9.74.